The largest absolute Gasteiger partial charge is 0.345 e. The number of rotatable bonds is 1. The van der Waals surface area contributed by atoms with E-state index in [1.807, 2.05) is 13.8 Å². The maximum Gasteiger partial charge on any atom is 0.127 e. The zero-order valence-electron chi connectivity index (χ0n) is 7.31. The number of nitriles is 1. The molecule has 0 atom stereocenters. The van der Waals surface area contributed by atoms with Crippen LogP contribution in [-0.2, 0) is 5.41 Å². The van der Waals surface area contributed by atoms with E-state index in [0.717, 1.165) is 30.1 Å². The summed E-state index contributed by atoms with van der Waals surface area (Å²) in [7, 11) is 0. The number of aryl methyl sites for hydroxylation is 2. The van der Waals surface area contributed by atoms with Crippen LogP contribution in [-0.4, -0.2) is 9.97 Å². The number of H-pyrrole nitrogens is 1. The molecule has 3 nitrogen and oxygen atoms in total. The van der Waals surface area contributed by atoms with Crippen LogP contribution >= 0.6 is 0 Å². The van der Waals surface area contributed by atoms with Gasteiger partial charge in [-0.1, -0.05) is 0 Å². The van der Waals surface area contributed by atoms with E-state index < -0.39 is 0 Å². The fraction of sp³-hybridized carbons (Fsp3) is 0.556. The summed E-state index contributed by atoms with van der Waals surface area (Å²) in [6.45, 7) is 3.95. The average molecular weight is 161 g/mol. The fourth-order valence-corrected chi connectivity index (χ4v) is 1.30. The molecule has 1 aliphatic carbocycles. The van der Waals surface area contributed by atoms with Gasteiger partial charge in [0, 0.05) is 5.69 Å². The predicted molar refractivity (Wildman–Crippen MR) is 44.6 cm³/mol. The smallest absolute Gasteiger partial charge is 0.127 e. The normalized spacial score (nSPS) is 18.8. The number of aromatic nitrogens is 2. The van der Waals surface area contributed by atoms with Crippen molar-refractivity contribution in [2.24, 2.45) is 0 Å². The van der Waals surface area contributed by atoms with E-state index in [9.17, 15) is 0 Å². The lowest BCUT2D eigenvalue weighted by Crippen LogP contribution is -2.04. The third-order valence-corrected chi connectivity index (χ3v) is 2.55. The molecule has 1 aromatic heterocycles. The minimum absolute atomic E-state index is 0.265. The van der Waals surface area contributed by atoms with Crippen LogP contribution in [0, 0.1) is 25.2 Å². The van der Waals surface area contributed by atoms with Crippen molar-refractivity contribution in [1.29, 1.82) is 5.26 Å². The van der Waals surface area contributed by atoms with Crippen LogP contribution in [0.2, 0.25) is 0 Å². The minimum Gasteiger partial charge on any atom is -0.345 e. The second-order valence-corrected chi connectivity index (χ2v) is 3.49. The van der Waals surface area contributed by atoms with Crippen LogP contribution in [0.25, 0.3) is 0 Å². The number of hydrogen-bond donors (Lipinski definition) is 1. The van der Waals surface area contributed by atoms with Crippen molar-refractivity contribution >= 4 is 0 Å². The zero-order valence-corrected chi connectivity index (χ0v) is 7.31. The maximum atomic E-state index is 8.90. The van der Waals surface area contributed by atoms with Crippen LogP contribution < -0.4 is 0 Å². The quantitative estimate of drug-likeness (QED) is 0.679. The highest BCUT2D eigenvalue weighted by Gasteiger charge is 2.47. The number of hydrogen-bond acceptors (Lipinski definition) is 2. The Balaban J connectivity index is 2.43. The number of nitrogens with zero attached hydrogens (tertiary/aromatic N) is 2. The van der Waals surface area contributed by atoms with Gasteiger partial charge in [0.2, 0.25) is 0 Å². The Kier molecular flexibility index (Phi) is 1.29. The molecule has 0 spiro atoms. The molecule has 2 rings (SSSR count). The summed E-state index contributed by atoms with van der Waals surface area (Å²) in [4.78, 5) is 7.50. The van der Waals surface area contributed by atoms with Gasteiger partial charge in [-0.25, -0.2) is 4.98 Å². The van der Waals surface area contributed by atoms with Crippen LogP contribution in [0.1, 0.15) is 30.1 Å². The molecule has 3 heteroatoms. The zero-order chi connectivity index (χ0) is 8.77. The molecule has 12 heavy (non-hydrogen) atoms. The summed E-state index contributed by atoms with van der Waals surface area (Å²) in [5.74, 6) is 0.861. The first-order chi connectivity index (χ1) is 5.68. The maximum absolute atomic E-state index is 8.90. The van der Waals surface area contributed by atoms with E-state index in [2.05, 4.69) is 16.0 Å². The topological polar surface area (TPSA) is 52.5 Å². The Hall–Kier alpha value is -1.30. The van der Waals surface area contributed by atoms with Gasteiger partial charge in [-0.15, -0.1) is 0 Å². The molecule has 1 heterocycles. The summed E-state index contributed by atoms with van der Waals surface area (Å²) >= 11 is 0. The van der Waals surface area contributed by atoms with E-state index in [4.69, 9.17) is 5.26 Å². The first-order valence-corrected chi connectivity index (χ1v) is 4.13. The van der Waals surface area contributed by atoms with E-state index in [1.54, 1.807) is 0 Å². The van der Waals surface area contributed by atoms with Gasteiger partial charge < -0.3 is 4.98 Å². The van der Waals surface area contributed by atoms with Crippen LogP contribution in [0.4, 0.5) is 0 Å². The molecule has 1 aromatic rings. The number of imidazole rings is 1. The van der Waals surface area contributed by atoms with Crippen molar-refractivity contribution in [2.75, 3.05) is 0 Å². The van der Waals surface area contributed by atoms with Gasteiger partial charge in [0.25, 0.3) is 0 Å². The monoisotopic (exact) mass is 161 g/mol. The van der Waals surface area contributed by atoms with E-state index in [0.29, 0.717) is 0 Å². The summed E-state index contributed by atoms with van der Waals surface area (Å²) < 4.78 is 0. The molecular weight excluding hydrogens is 150 g/mol. The van der Waals surface area contributed by atoms with Crippen molar-refractivity contribution in [3.05, 3.63) is 17.2 Å². The molecule has 0 amide bonds. The van der Waals surface area contributed by atoms with Crippen molar-refractivity contribution in [3.63, 3.8) is 0 Å². The van der Waals surface area contributed by atoms with Crippen LogP contribution in [0.5, 0.6) is 0 Å². The van der Waals surface area contributed by atoms with Gasteiger partial charge in [0.1, 0.15) is 11.2 Å². The van der Waals surface area contributed by atoms with Gasteiger partial charge in [0.05, 0.1) is 11.8 Å². The molecule has 0 saturated heterocycles. The summed E-state index contributed by atoms with van der Waals surface area (Å²) in [5.41, 5.74) is 1.82. The highest BCUT2D eigenvalue weighted by molar-refractivity contribution is 5.31. The van der Waals surface area contributed by atoms with E-state index in [-0.39, 0.29) is 5.41 Å². The number of nitrogens with one attached hydrogen (secondary N) is 1. The van der Waals surface area contributed by atoms with Crippen molar-refractivity contribution in [2.45, 2.75) is 32.1 Å². The third-order valence-electron chi connectivity index (χ3n) is 2.55. The van der Waals surface area contributed by atoms with Crippen molar-refractivity contribution in [1.82, 2.24) is 9.97 Å². The molecule has 0 aliphatic heterocycles. The summed E-state index contributed by atoms with van der Waals surface area (Å²) in [6.07, 6.45) is 1.91. The Morgan fingerprint density at radius 1 is 1.50 bits per heavy atom. The second kappa shape index (κ2) is 2.10. The summed E-state index contributed by atoms with van der Waals surface area (Å²) in [6, 6.07) is 2.32. The van der Waals surface area contributed by atoms with Gasteiger partial charge in [0.15, 0.2) is 0 Å². The molecule has 1 aliphatic rings. The van der Waals surface area contributed by atoms with Gasteiger partial charge in [-0.05, 0) is 26.7 Å². The van der Waals surface area contributed by atoms with Crippen LogP contribution in [0.3, 0.4) is 0 Å². The molecule has 62 valence electrons. The number of aromatic amines is 1. The third kappa shape index (κ3) is 0.845. The molecule has 0 aromatic carbocycles. The lowest BCUT2D eigenvalue weighted by molar-refractivity contribution is 0.816. The Labute approximate surface area is 71.4 Å². The molecule has 1 N–H and O–H groups in total. The lowest BCUT2D eigenvalue weighted by atomic mass is 10.1. The predicted octanol–water partition coefficient (Wildman–Crippen LogP) is 1.58. The lowest BCUT2D eigenvalue weighted by Gasteiger charge is -1.97. The Morgan fingerprint density at radius 3 is 2.50 bits per heavy atom. The molecule has 1 saturated carbocycles. The molecule has 0 bridgehead atoms. The second-order valence-electron chi connectivity index (χ2n) is 3.49. The van der Waals surface area contributed by atoms with Crippen molar-refractivity contribution in [3.8, 4) is 6.07 Å². The first kappa shape index (κ1) is 7.35. The Morgan fingerprint density at radius 2 is 2.17 bits per heavy atom. The molecular formula is C9H11N3. The SMILES string of the molecule is Cc1nc(C2(C#N)CC2)[nH]c1C. The Bertz CT molecular complexity index is 333. The minimum atomic E-state index is -0.265. The van der Waals surface area contributed by atoms with Crippen molar-refractivity contribution < 1.29 is 0 Å². The van der Waals surface area contributed by atoms with E-state index in [1.165, 1.54) is 0 Å². The fourth-order valence-electron chi connectivity index (χ4n) is 1.30. The van der Waals surface area contributed by atoms with Gasteiger partial charge >= 0.3 is 0 Å². The highest BCUT2D eigenvalue weighted by atomic mass is 15.0. The van der Waals surface area contributed by atoms with Crippen LogP contribution in [0.15, 0.2) is 0 Å². The van der Waals surface area contributed by atoms with Gasteiger partial charge in [-0.3, -0.25) is 0 Å². The first-order valence-electron chi connectivity index (χ1n) is 4.13. The van der Waals surface area contributed by atoms with E-state index >= 15 is 0 Å². The molecule has 0 radical (unpaired) electrons. The van der Waals surface area contributed by atoms with Gasteiger partial charge in [-0.2, -0.15) is 5.26 Å². The highest BCUT2D eigenvalue weighted by Crippen LogP contribution is 2.46. The average Bonchev–Trinajstić information content (AvgIpc) is 2.77. The standard InChI is InChI=1S/C9H11N3/c1-6-7(2)12-8(11-6)9(5-10)3-4-9/h3-4H2,1-2H3,(H,11,12). The summed E-state index contributed by atoms with van der Waals surface area (Å²) in [5, 5.41) is 8.90. The molecule has 0 unspecified atom stereocenters. The molecule has 1 fully saturated rings.